The predicted molar refractivity (Wildman–Crippen MR) is 53.6 cm³/mol. The number of hydrogen-bond donors (Lipinski definition) is 0. The van der Waals surface area contributed by atoms with Crippen molar-refractivity contribution in [2.75, 3.05) is 0 Å². The summed E-state index contributed by atoms with van der Waals surface area (Å²) in [4.78, 5) is 11.2. The SMILES string of the molecule is CC(C)C(=O)Oc1cccc(OC(F)(F)F)c1. The molecule has 0 aliphatic heterocycles. The van der Waals surface area contributed by atoms with E-state index < -0.39 is 18.1 Å². The Hall–Kier alpha value is -1.72. The van der Waals surface area contributed by atoms with E-state index in [9.17, 15) is 18.0 Å². The Morgan fingerprint density at radius 2 is 1.82 bits per heavy atom. The normalized spacial score (nSPS) is 11.4. The molecule has 0 heterocycles. The second kappa shape index (κ2) is 5.07. The summed E-state index contributed by atoms with van der Waals surface area (Å²) in [5, 5.41) is 0. The van der Waals surface area contributed by atoms with E-state index in [1.54, 1.807) is 13.8 Å². The van der Waals surface area contributed by atoms with Gasteiger partial charge in [-0.1, -0.05) is 19.9 Å². The van der Waals surface area contributed by atoms with Crippen molar-refractivity contribution in [3.05, 3.63) is 24.3 Å². The van der Waals surface area contributed by atoms with Crippen LogP contribution in [0, 0.1) is 5.92 Å². The lowest BCUT2D eigenvalue weighted by molar-refractivity contribution is -0.274. The molecule has 0 saturated carbocycles. The number of rotatable bonds is 3. The number of ether oxygens (including phenoxy) is 2. The van der Waals surface area contributed by atoms with Crippen molar-refractivity contribution in [1.29, 1.82) is 0 Å². The number of benzene rings is 1. The average Bonchev–Trinajstić information content (AvgIpc) is 2.15. The molecule has 0 atom stereocenters. The predicted octanol–water partition coefficient (Wildman–Crippen LogP) is 3.15. The molecule has 0 aliphatic rings. The first kappa shape index (κ1) is 13.3. The van der Waals surface area contributed by atoms with Gasteiger partial charge in [-0.3, -0.25) is 4.79 Å². The van der Waals surface area contributed by atoms with Gasteiger partial charge in [0.25, 0.3) is 0 Å². The van der Waals surface area contributed by atoms with Gasteiger partial charge in [0.15, 0.2) is 0 Å². The maximum atomic E-state index is 11.9. The number of esters is 1. The van der Waals surface area contributed by atoms with E-state index in [2.05, 4.69) is 4.74 Å². The highest BCUT2D eigenvalue weighted by molar-refractivity contribution is 5.74. The van der Waals surface area contributed by atoms with Gasteiger partial charge >= 0.3 is 12.3 Å². The van der Waals surface area contributed by atoms with Gasteiger partial charge in [0.2, 0.25) is 0 Å². The van der Waals surface area contributed by atoms with Crippen LogP contribution in [0.5, 0.6) is 11.5 Å². The van der Waals surface area contributed by atoms with Crippen molar-refractivity contribution in [2.45, 2.75) is 20.2 Å². The molecule has 0 bridgehead atoms. The van der Waals surface area contributed by atoms with Gasteiger partial charge in [-0.05, 0) is 12.1 Å². The summed E-state index contributed by atoms with van der Waals surface area (Å²) in [6.45, 7) is 3.25. The van der Waals surface area contributed by atoms with Gasteiger partial charge in [-0.25, -0.2) is 0 Å². The highest BCUT2D eigenvalue weighted by atomic mass is 19.4. The molecule has 0 N–H and O–H groups in total. The molecule has 1 aromatic carbocycles. The fourth-order valence-electron chi connectivity index (χ4n) is 0.969. The molecular weight excluding hydrogens is 237 g/mol. The Balaban J connectivity index is 2.76. The van der Waals surface area contributed by atoms with Crippen LogP contribution in [0.1, 0.15) is 13.8 Å². The maximum absolute atomic E-state index is 11.9. The molecule has 0 aromatic heterocycles. The molecule has 0 saturated heterocycles. The molecule has 0 unspecified atom stereocenters. The van der Waals surface area contributed by atoms with Gasteiger partial charge in [0, 0.05) is 6.07 Å². The summed E-state index contributed by atoms with van der Waals surface area (Å²) in [5.74, 6) is -1.28. The summed E-state index contributed by atoms with van der Waals surface area (Å²) in [7, 11) is 0. The molecule has 6 heteroatoms. The second-order valence-electron chi connectivity index (χ2n) is 3.60. The second-order valence-corrected chi connectivity index (χ2v) is 3.60. The Labute approximate surface area is 96.1 Å². The number of hydrogen-bond acceptors (Lipinski definition) is 3. The maximum Gasteiger partial charge on any atom is 0.573 e. The average molecular weight is 248 g/mol. The first-order chi connectivity index (χ1) is 7.78. The van der Waals surface area contributed by atoms with E-state index in [1.807, 2.05) is 0 Å². The first-order valence-electron chi connectivity index (χ1n) is 4.85. The van der Waals surface area contributed by atoms with E-state index in [4.69, 9.17) is 4.74 Å². The van der Waals surface area contributed by atoms with Crippen LogP contribution in [0.2, 0.25) is 0 Å². The quantitative estimate of drug-likeness (QED) is 0.609. The van der Waals surface area contributed by atoms with Gasteiger partial charge in [-0.15, -0.1) is 13.2 Å². The molecule has 17 heavy (non-hydrogen) atoms. The van der Waals surface area contributed by atoms with Gasteiger partial charge in [0.1, 0.15) is 11.5 Å². The van der Waals surface area contributed by atoms with Gasteiger partial charge in [-0.2, -0.15) is 0 Å². The minimum atomic E-state index is -4.76. The zero-order valence-corrected chi connectivity index (χ0v) is 9.25. The lowest BCUT2D eigenvalue weighted by Gasteiger charge is -2.10. The fraction of sp³-hybridized carbons (Fsp3) is 0.364. The third-order valence-electron chi connectivity index (χ3n) is 1.73. The molecule has 1 aromatic rings. The van der Waals surface area contributed by atoms with Crippen LogP contribution >= 0.6 is 0 Å². The summed E-state index contributed by atoms with van der Waals surface area (Å²) in [5.41, 5.74) is 0. The third-order valence-corrected chi connectivity index (χ3v) is 1.73. The zero-order valence-electron chi connectivity index (χ0n) is 9.25. The molecule has 0 spiro atoms. The first-order valence-corrected chi connectivity index (χ1v) is 4.85. The lowest BCUT2D eigenvalue weighted by atomic mass is 10.2. The highest BCUT2D eigenvalue weighted by Crippen LogP contribution is 2.26. The van der Waals surface area contributed by atoms with Crippen LogP contribution in [-0.4, -0.2) is 12.3 Å². The van der Waals surface area contributed by atoms with Crippen LogP contribution < -0.4 is 9.47 Å². The topological polar surface area (TPSA) is 35.5 Å². The number of alkyl halides is 3. The molecule has 0 radical (unpaired) electrons. The minimum absolute atomic E-state index is 0.0189. The monoisotopic (exact) mass is 248 g/mol. The number of halogens is 3. The van der Waals surface area contributed by atoms with E-state index in [1.165, 1.54) is 12.1 Å². The molecule has 94 valence electrons. The van der Waals surface area contributed by atoms with Crippen LogP contribution in [0.15, 0.2) is 24.3 Å². The van der Waals surface area contributed by atoms with E-state index in [0.29, 0.717) is 0 Å². The van der Waals surface area contributed by atoms with Crippen molar-refractivity contribution >= 4 is 5.97 Å². The highest BCUT2D eigenvalue weighted by Gasteiger charge is 2.31. The standard InChI is InChI=1S/C11H11F3O3/c1-7(2)10(15)16-8-4-3-5-9(6-8)17-11(12,13)14/h3-7H,1-2H3. The van der Waals surface area contributed by atoms with E-state index in [-0.39, 0.29) is 11.7 Å². The van der Waals surface area contributed by atoms with Crippen LogP contribution in [0.4, 0.5) is 13.2 Å². The summed E-state index contributed by atoms with van der Waals surface area (Å²) in [6, 6.07) is 4.82. The molecule has 0 aliphatic carbocycles. The molecular formula is C11H11F3O3. The summed E-state index contributed by atoms with van der Waals surface area (Å²) < 4.78 is 44.3. The van der Waals surface area contributed by atoms with Crippen LogP contribution in [-0.2, 0) is 4.79 Å². The summed E-state index contributed by atoms with van der Waals surface area (Å²) in [6.07, 6.45) is -4.76. The molecule has 1 rings (SSSR count). The van der Waals surface area contributed by atoms with Crippen molar-refractivity contribution in [3.8, 4) is 11.5 Å². The Morgan fingerprint density at radius 1 is 1.24 bits per heavy atom. The lowest BCUT2D eigenvalue weighted by Crippen LogP contribution is -2.17. The van der Waals surface area contributed by atoms with E-state index in [0.717, 1.165) is 12.1 Å². The van der Waals surface area contributed by atoms with E-state index >= 15 is 0 Å². The Kier molecular flexibility index (Phi) is 3.98. The largest absolute Gasteiger partial charge is 0.573 e. The third kappa shape index (κ3) is 4.76. The van der Waals surface area contributed by atoms with Crippen molar-refractivity contribution in [2.24, 2.45) is 5.92 Å². The van der Waals surface area contributed by atoms with Crippen molar-refractivity contribution < 1.29 is 27.4 Å². The molecule has 0 amide bonds. The Bertz CT molecular complexity index is 399. The summed E-state index contributed by atoms with van der Waals surface area (Å²) >= 11 is 0. The zero-order chi connectivity index (χ0) is 13.1. The van der Waals surface area contributed by atoms with Gasteiger partial charge in [0.05, 0.1) is 5.92 Å². The molecule has 3 nitrogen and oxygen atoms in total. The molecule has 0 fully saturated rings. The Morgan fingerprint density at radius 3 is 2.35 bits per heavy atom. The minimum Gasteiger partial charge on any atom is -0.426 e. The van der Waals surface area contributed by atoms with Crippen molar-refractivity contribution in [3.63, 3.8) is 0 Å². The van der Waals surface area contributed by atoms with Crippen LogP contribution in [0.3, 0.4) is 0 Å². The number of carbonyl (C=O) groups excluding carboxylic acids is 1. The van der Waals surface area contributed by atoms with Crippen molar-refractivity contribution in [1.82, 2.24) is 0 Å². The smallest absolute Gasteiger partial charge is 0.426 e. The van der Waals surface area contributed by atoms with Crippen LogP contribution in [0.25, 0.3) is 0 Å². The fourth-order valence-corrected chi connectivity index (χ4v) is 0.969. The van der Waals surface area contributed by atoms with Gasteiger partial charge < -0.3 is 9.47 Å². The number of carbonyl (C=O) groups is 1.